The molecule has 0 radical (unpaired) electrons. The van der Waals surface area contributed by atoms with Crippen LogP contribution in [-0.4, -0.2) is 17.1 Å². The number of aliphatic carboxylic acids is 1. The molecule has 2 amide bonds. The Labute approximate surface area is 196 Å². The van der Waals surface area contributed by atoms with Crippen molar-refractivity contribution in [2.24, 2.45) is 17.8 Å². The van der Waals surface area contributed by atoms with Gasteiger partial charge in [0.2, 0.25) is 0 Å². The first-order valence-electron chi connectivity index (χ1n) is 11.7. The lowest BCUT2D eigenvalue weighted by molar-refractivity contribution is -0.139. The Morgan fingerprint density at radius 1 is 0.824 bits per heavy atom. The fourth-order valence-corrected chi connectivity index (χ4v) is 5.60. The number of carbonyl (C=O) groups is 2. The summed E-state index contributed by atoms with van der Waals surface area (Å²) in [6.07, 6.45) is 2.32. The van der Waals surface area contributed by atoms with Crippen molar-refractivity contribution in [3.63, 3.8) is 0 Å². The normalized spacial score (nSPS) is 24.7. The molecule has 0 aliphatic heterocycles. The van der Waals surface area contributed by atoms with Gasteiger partial charge in [0.1, 0.15) is 0 Å². The molecule has 3 N–H and O–H groups in total. The molecule has 2 aromatic carbocycles. The standard InChI is InChI=1S/C26H29F3N2O3/c27-26(28,29)21-7-11-23(12-8-21)31-25(34)30-22-9-5-17(6-10-22)19-4-3-18-13-16(14-24(32)33)1-2-20(18)15-19/h5-12,16,18-20H,1-4,13-15H2,(H,32,33)(H2,30,31,34). The number of fused-ring (bicyclic) bond motifs is 1. The van der Waals surface area contributed by atoms with Crippen LogP contribution in [0.3, 0.4) is 0 Å². The number of hydrogen-bond acceptors (Lipinski definition) is 2. The third kappa shape index (κ3) is 6.10. The van der Waals surface area contributed by atoms with Gasteiger partial charge < -0.3 is 15.7 Å². The minimum Gasteiger partial charge on any atom is -0.481 e. The van der Waals surface area contributed by atoms with E-state index in [-0.39, 0.29) is 12.1 Å². The highest BCUT2D eigenvalue weighted by molar-refractivity contribution is 5.99. The number of amides is 2. The van der Waals surface area contributed by atoms with Gasteiger partial charge in [-0.3, -0.25) is 4.79 Å². The number of urea groups is 1. The van der Waals surface area contributed by atoms with Crippen molar-refractivity contribution in [1.29, 1.82) is 0 Å². The first-order valence-corrected chi connectivity index (χ1v) is 11.7. The van der Waals surface area contributed by atoms with E-state index in [2.05, 4.69) is 10.6 Å². The zero-order valence-electron chi connectivity index (χ0n) is 18.8. The quantitative estimate of drug-likeness (QED) is 0.432. The van der Waals surface area contributed by atoms with Gasteiger partial charge in [0, 0.05) is 17.8 Å². The molecular weight excluding hydrogens is 445 g/mol. The maximum Gasteiger partial charge on any atom is 0.416 e. The van der Waals surface area contributed by atoms with Crippen molar-refractivity contribution in [1.82, 2.24) is 0 Å². The highest BCUT2D eigenvalue weighted by Gasteiger charge is 2.36. The Kier molecular flexibility index (Phi) is 7.14. The van der Waals surface area contributed by atoms with Crippen molar-refractivity contribution in [3.8, 4) is 0 Å². The van der Waals surface area contributed by atoms with Crippen LogP contribution < -0.4 is 10.6 Å². The molecule has 0 bridgehead atoms. The highest BCUT2D eigenvalue weighted by atomic mass is 19.4. The lowest BCUT2D eigenvalue weighted by atomic mass is 9.63. The van der Waals surface area contributed by atoms with E-state index in [1.807, 2.05) is 24.3 Å². The monoisotopic (exact) mass is 474 g/mol. The zero-order valence-corrected chi connectivity index (χ0v) is 18.8. The average molecular weight is 475 g/mol. The molecule has 182 valence electrons. The first kappa shape index (κ1) is 24.1. The van der Waals surface area contributed by atoms with Crippen molar-refractivity contribution >= 4 is 23.4 Å². The van der Waals surface area contributed by atoms with Gasteiger partial charge in [0.15, 0.2) is 0 Å². The molecular formula is C26H29F3N2O3. The third-order valence-corrected chi connectivity index (χ3v) is 7.29. The van der Waals surface area contributed by atoms with Crippen LogP contribution in [0.25, 0.3) is 0 Å². The van der Waals surface area contributed by atoms with E-state index in [0.717, 1.165) is 50.7 Å². The van der Waals surface area contributed by atoms with E-state index in [9.17, 15) is 22.8 Å². The van der Waals surface area contributed by atoms with Crippen molar-refractivity contribution in [2.75, 3.05) is 10.6 Å². The first-order chi connectivity index (χ1) is 16.2. The van der Waals surface area contributed by atoms with Crippen molar-refractivity contribution < 1.29 is 27.9 Å². The lowest BCUT2D eigenvalue weighted by Crippen LogP contribution is -2.31. The molecule has 2 aliphatic carbocycles. The smallest absolute Gasteiger partial charge is 0.416 e. The SMILES string of the molecule is O=C(O)CC1CCC2CC(c3ccc(NC(=O)Nc4ccc(C(F)(F)F)cc4)cc3)CCC2C1. The molecule has 4 rings (SSSR count). The molecule has 5 nitrogen and oxygen atoms in total. The van der Waals surface area contributed by atoms with Crippen molar-refractivity contribution in [3.05, 3.63) is 59.7 Å². The lowest BCUT2D eigenvalue weighted by Gasteiger charge is -2.42. The summed E-state index contributed by atoms with van der Waals surface area (Å²) in [6.45, 7) is 0. The van der Waals surface area contributed by atoms with Crippen molar-refractivity contribution in [2.45, 2.75) is 57.0 Å². The van der Waals surface area contributed by atoms with Gasteiger partial charge in [-0.2, -0.15) is 13.2 Å². The largest absolute Gasteiger partial charge is 0.481 e. The predicted octanol–water partition coefficient (Wildman–Crippen LogP) is 7.12. The Balaban J connectivity index is 1.28. The van der Waals surface area contributed by atoms with Gasteiger partial charge in [-0.1, -0.05) is 12.1 Å². The second-order valence-corrected chi connectivity index (χ2v) is 9.58. The van der Waals surface area contributed by atoms with Gasteiger partial charge >= 0.3 is 18.2 Å². The van der Waals surface area contributed by atoms with Crippen LogP contribution in [0.1, 0.15) is 62.0 Å². The zero-order chi connectivity index (χ0) is 24.3. The molecule has 4 unspecified atom stereocenters. The van der Waals surface area contributed by atoms with E-state index in [0.29, 0.717) is 29.4 Å². The van der Waals surface area contributed by atoms with Gasteiger partial charge in [-0.05, 0) is 104 Å². The average Bonchev–Trinajstić information content (AvgIpc) is 2.78. The second kappa shape index (κ2) is 10.1. The van der Waals surface area contributed by atoms with E-state index < -0.39 is 23.7 Å². The summed E-state index contributed by atoms with van der Waals surface area (Å²) < 4.78 is 38.0. The van der Waals surface area contributed by atoms with Gasteiger partial charge in [-0.25, -0.2) is 4.79 Å². The third-order valence-electron chi connectivity index (χ3n) is 7.29. The number of carbonyl (C=O) groups excluding carboxylic acids is 1. The Hall–Kier alpha value is -3.03. The molecule has 2 aromatic rings. The fraction of sp³-hybridized carbons (Fsp3) is 0.462. The molecule has 0 heterocycles. The molecule has 0 spiro atoms. The predicted molar refractivity (Wildman–Crippen MR) is 124 cm³/mol. The van der Waals surface area contributed by atoms with Crippen LogP contribution in [0.5, 0.6) is 0 Å². The van der Waals surface area contributed by atoms with Crippen LogP contribution in [0.2, 0.25) is 0 Å². The van der Waals surface area contributed by atoms with Crippen LogP contribution in [0, 0.1) is 17.8 Å². The Morgan fingerprint density at radius 3 is 1.97 bits per heavy atom. The maximum absolute atomic E-state index is 12.7. The number of hydrogen-bond donors (Lipinski definition) is 3. The van der Waals surface area contributed by atoms with Crippen LogP contribution in [0.4, 0.5) is 29.3 Å². The summed E-state index contributed by atoms with van der Waals surface area (Å²) in [5, 5.41) is 14.3. The van der Waals surface area contributed by atoms with E-state index in [4.69, 9.17) is 5.11 Å². The number of carboxylic acid groups (broad SMARTS) is 1. The van der Waals surface area contributed by atoms with Crippen LogP contribution >= 0.6 is 0 Å². The van der Waals surface area contributed by atoms with E-state index in [1.165, 1.54) is 17.7 Å². The number of halogens is 3. The van der Waals surface area contributed by atoms with Gasteiger partial charge in [0.25, 0.3) is 0 Å². The molecule has 34 heavy (non-hydrogen) atoms. The van der Waals surface area contributed by atoms with E-state index >= 15 is 0 Å². The molecule has 2 aliphatic rings. The Morgan fingerprint density at radius 2 is 1.38 bits per heavy atom. The topological polar surface area (TPSA) is 78.4 Å². The minimum atomic E-state index is -4.42. The second-order valence-electron chi connectivity index (χ2n) is 9.58. The number of benzene rings is 2. The highest BCUT2D eigenvalue weighted by Crippen LogP contribution is 2.48. The summed E-state index contributed by atoms with van der Waals surface area (Å²) in [5.74, 6) is 1.36. The number of nitrogens with one attached hydrogen (secondary N) is 2. The number of rotatable bonds is 5. The van der Waals surface area contributed by atoms with E-state index in [1.54, 1.807) is 0 Å². The maximum atomic E-state index is 12.7. The summed E-state index contributed by atoms with van der Waals surface area (Å²) in [5.41, 5.74) is 1.35. The molecule has 2 fully saturated rings. The molecule has 8 heteroatoms. The number of alkyl halides is 3. The fourth-order valence-electron chi connectivity index (χ4n) is 5.60. The van der Waals surface area contributed by atoms with Crippen LogP contribution in [0.15, 0.2) is 48.5 Å². The summed E-state index contributed by atoms with van der Waals surface area (Å²) in [6, 6.07) is 11.5. The summed E-state index contributed by atoms with van der Waals surface area (Å²) in [4.78, 5) is 23.2. The number of carboxylic acids is 1. The number of anilines is 2. The summed E-state index contributed by atoms with van der Waals surface area (Å²) in [7, 11) is 0. The molecule has 0 saturated heterocycles. The molecule has 0 aromatic heterocycles. The Bertz CT molecular complexity index is 1010. The van der Waals surface area contributed by atoms with Gasteiger partial charge in [0.05, 0.1) is 5.56 Å². The summed E-state index contributed by atoms with van der Waals surface area (Å²) >= 11 is 0. The molecule has 4 atom stereocenters. The van der Waals surface area contributed by atoms with Crippen LogP contribution in [-0.2, 0) is 11.0 Å². The van der Waals surface area contributed by atoms with Gasteiger partial charge in [-0.15, -0.1) is 0 Å². The molecule has 2 saturated carbocycles. The minimum absolute atomic E-state index is 0.275.